The lowest BCUT2D eigenvalue weighted by Crippen LogP contribution is -2.45. The average molecular weight is 538 g/mol. The van der Waals surface area contributed by atoms with E-state index in [1.807, 2.05) is 6.07 Å². The number of amides is 1. The Morgan fingerprint density at radius 3 is 2.68 bits per heavy atom. The number of hydrazine groups is 1. The Morgan fingerprint density at radius 2 is 2.00 bits per heavy atom. The maximum atomic E-state index is 13.6. The number of carbonyl (C=O) groups is 1. The van der Waals surface area contributed by atoms with E-state index in [0.29, 0.717) is 37.0 Å². The van der Waals surface area contributed by atoms with Gasteiger partial charge in [0.15, 0.2) is 0 Å². The molecular weight excluding hydrogens is 513 g/mol. The number of benzene rings is 1. The number of aromatic nitrogens is 3. The number of carbonyl (C=O) groups excluding carboxylic acids is 1. The largest absolute Gasteiger partial charge is 0.378 e. The third-order valence-corrected chi connectivity index (χ3v) is 5.51. The molecule has 1 aliphatic rings. The van der Waals surface area contributed by atoms with Crippen LogP contribution in [0.3, 0.4) is 0 Å². The van der Waals surface area contributed by atoms with E-state index in [-0.39, 0.29) is 17.5 Å². The Labute approximate surface area is 223 Å². The van der Waals surface area contributed by atoms with E-state index in [4.69, 9.17) is 16.3 Å². The predicted molar refractivity (Wildman–Crippen MR) is 144 cm³/mol. The molecule has 196 valence electrons. The molecule has 4 rings (SSSR count). The van der Waals surface area contributed by atoms with Gasteiger partial charge in [-0.2, -0.15) is 4.99 Å². The zero-order valence-electron chi connectivity index (χ0n) is 20.3. The summed E-state index contributed by atoms with van der Waals surface area (Å²) in [6, 6.07) is 10.5. The Hall–Kier alpha value is -4.42. The molecule has 0 aliphatic carbocycles. The van der Waals surface area contributed by atoms with Gasteiger partial charge in [-0.3, -0.25) is 15.6 Å². The second-order valence-electron chi connectivity index (χ2n) is 7.86. The van der Waals surface area contributed by atoms with E-state index in [9.17, 15) is 9.18 Å². The van der Waals surface area contributed by atoms with E-state index in [0.717, 1.165) is 16.9 Å². The highest BCUT2D eigenvalue weighted by atomic mass is 35.5. The maximum Gasteiger partial charge on any atom is 0.288 e. The van der Waals surface area contributed by atoms with Gasteiger partial charge < -0.3 is 15.0 Å². The summed E-state index contributed by atoms with van der Waals surface area (Å²) in [7, 11) is 0. The average Bonchev–Trinajstić information content (AvgIpc) is 2.95. The second kappa shape index (κ2) is 13.2. The molecule has 0 spiro atoms. The fourth-order valence-electron chi connectivity index (χ4n) is 3.52. The molecule has 0 atom stereocenters. The molecule has 11 nitrogen and oxygen atoms in total. The van der Waals surface area contributed by atoms with Crippen LogP contribution in [-0.4, -0.2) is 70.5 Å². The number of guanidine groups is 1. The number of amidine groups is 1. The summed E-state index contributed by atoms with van der Waals surface area (Å²) in [5.41, 5.74) is 8.11. The minimum Gasteiger partial charge on any atom is -0.378 e. The van der Waals surface area contributed by atoms with E-state index in [1.165, 1.54) is 18.7 Å². The quantitative estimate of drug-likeness (QED) is 0.248. The Balaban J connectivity index is 1.39. The molecule has 1 amide bonds. The molecule has 1 aliphatic heterocycles. The van der Waals surface area contributed by atoms with Crippen molar-refractivity contribution in [1.29, 1.82) is 0 Å². The molecule has 2 aromatic heterocycles. The van der Waals surface area contributed by atoms with Crippen LogP contribution in [0.2, 0.25) is 5.02 Å². The fraction of sp³-hybridized carbons (Fsp3) is 0.200. The topological polar surface area (TPSA) is 129 Å². The summed E-state index contributed by atoms with van der Waals surface area (Å²) < 4.78 is 18.9. The van der Waals surface area contributed by atoms with Gasteiger partial charge in [0.25, 0.3) is 5.91 Å². The van der Waals surface area contributed by atoms with Crippen LogP contribution in [0, 0.1) is 0 Å². The number of anilines is 2. The minimum absolute atomic E-state index is 0.0220. The van der Waals surface area contributed by atoms with Gasteiger partial charge in [0.1, 0.15) is 24.5 Å². The fourth-order valence-corrected chi connectivity index (χ4v) is 3.76. The van der Waals surface area contributed by atoms with Crippen molar-refractivity contribution >= 4 is 40.7 Å². The molecule has 0 unspecified atom stereocenters. The number of alkyl halides is 1. The smallest absolute Gasteiger partial charge is 0.288 e. The molecule has 0 bridgehead atoms. The number of halogens is 2. The summed E-state index contributed by atoms with van der Waals surface area (Å²) in [5, 5.41) is 3.74. The first-order valence-electron chi connectivity index (χ1n) is 11.6. The van der Waals surface area contributed by atoms with Crippen molar-refractivity contribution in [3.05, 3.63) is 78.6 Å². The summed E-state index contributed by atoms with van der Waals surface area (Å²) in [6.45, 7) is 4.72. The Morgan fingerprint density at radius 1 is 1.16 bits per heavy atom. The third kappa shape index (κ3) is 7.31. The van der Waals surface area contributed by atoms with Gasteiger partial charge in [0, 0.05) is 41.8 Å². The van der Waals surface area contributed by atoms with E-state index < -0.39 is 12.6 Å². The standard InChI is InChI=1S/C25H25ClFN9O2/c1-2-29-25(33-23(14-27)36-7-9-38-10-8-36)35-34-24(37)22-4-3-19(15-30-22)32-20-12-17(11-18(26)13-20)21-5-6-28-16-31-21/h2-6,11-13,15-16,32H,1,7-10,14H2,(H,29,35)(H,34,37)/b33-23+. The van der Waals surface area contributed by atoms with E-state index >= 15 is 0 Å². The van der Waals surface area contributed by atoms with Crippen molar-refractivity contribution in [3.8, 4) is 11.3 Å². The van der Waals surface area contributed by atoms with Gasteiger partial charge in [0.2, 0.25) is 5.96 Å². The van der Waals surface area contributed by atoms with Crippen molar-refractivity contribution in [3.63, 3.8) is 0 Å². The van der Waals surface area contributed by atoms with Crippen LogP contribution in [0.15, 0.2) is 77.9 Å². The van der Waals surface area contributed by atoms with E-state index in [2.05, 4.69) is 47.7 Å². The maximum absolute atomic E-state index is 13.6. The molecule has 0 saturated carbocycles. The van der Waals surface area contributed by atoms with Crippen molar-refractivity contribution < 1.29 is 13.9 Å². The van der Waals surface area contributed by atoms with Gasteiger partial charge in [-0.15, -0.1) is 0 Å². The van der Waals surface area contributed by atoms with Crippen molar-refractivity contribution in [1.82, 2.24) is 30.7 Å². The molecular formula is C25H25ClFN9O2. The molecule has 1 fully saturated rings. The van der Waals surface area contributed by atoms with Crippen LogP contribution in [0.4, 0.5) is 15.8 Å². The van der Waals surface area contributed by atoms with Crippen LogP contribution in [0.25, 0.3) is 11.3 Å². The number of pyridine rings is 1. The van der Waals surface area contributed by atoms with Crippen molar-refractivity contribution in [2.75, 3.05) is 38.3 Å². The van der Waals surface area contributed by atoms with Crippen molar-refractivity contribution in [2.24, 2.45) is 9.98 Å². The zero-order valence-corrected chi connectivity index (χ0v) is 21.0. The van der Waals surface area contributed by atoms with Crippen LogP contribution in [0.5, 0.6) is 0 Å². The lowest BCUT2D eigenvalue weighted by Gasteiger charge is -2.28. The molecule has 3 N–H and O–H groups in total. The lowest BCUT2D eigenvalue weighted by molar-refractivity contribution is 0.0668. The molecule has 0 radical (unpaired) electrons. The van der Waals surface area contributed by atoms with E-state index in [1.54, 1.807) is 41.4 Å². The number of morpholine rings is 1. The lowest BCUT2D eigenvalue weighted by atomic mass is 10.1. The number of ether oxygens (including phenoxy) is 1. The minimum atomic E-state index is -0.797. The SMILES string of the molecule is C=CN=C(/N=C(\CF)N1CCOCC1)NNC(=O)c1ccc(Nc2cc(Cl)cc(-c3ccncn3)c2)cn1. The van der Waals surface area contributed by atoms with Gasteiger partial charge in [0.05, 0.1) is 30.8 Å². The number of nitrogens with one attached hydrogen (secondary N) is 3. The van der Waals surface area contributed by atoms with Gasteiger partial charge in [-0.1, -0.05) is 18.2 Å². The molecule has 3 heterocycles. The van der Waals surface area contributed by atoms with Crippen LogP contribution < -0.4 is 16.2 Å². The summed E-state index contributed by atoms with van der Waals surface area (Å²) in [6.07, 6.45) is 5.87. The van der Waals surface area contributed by atoms with Crippen LogP contribution in [-0.2, 0) is 4.74 Å². The van der Waals surface area contributed by atoms with Crippen molar-refractivity contribution in [2.45, 2.75) is 0 Å². The molecule has 1 saturated heterocycles. The summed E-state index contributed by atoms with van der Waals surface area (Å²) in [5.74, 6) is -0.384. The third-order valence-electron chi connectivity index (χ3n) is 5.29. The molecule has 1 aromatic carbocycles. The normalized spacial score (nSPS) is 14.1. The first kappa shape index (κ1) is 26.6. The number of hydrogen-bond acceptors (Lipinski definition) is 7. The first-order valence-corrected chi connectivity index (χ1v) is 11.9. The molecule has 3 aromatic rings. The Bertz CT molecular complexity index is 1310. The van der Waals surface area contributed by atoms with Gasteiger partial charge >= 0.3 is 0 Å². The second-order valence-corrected chi connectivity index (χ2v) is 8.29. The predicted octanol–water partition coefficient (Wildman–Crippen LogP) is 3.37. The monoisotopic (exact) mass is 537 g/mol. The highest BCUT2D eigenvalue weighted by Gasteiger charge is 2.16. The highest BCUT2D eigenvalue weighted by Crippen LogP contribution is 2.27. The number of nitrogens with zero attached hydrogens (tertiary/aromatic N) is 6. The molecule has 38 heavy (non-hydrogen) atoms. The number of rotatable bonds is 6. The van der Waals surface area contributed by atoms with Crippen LogP contribution >= 0.6 is 11.6 Å². The first-order chi connectivity index (χ1) is 18.6. The number of hydrogen-bond donors (Lipinski definition) is 3. The number of aliphatic imine (C=N–C) groups is 2. The highest BCUT2D eigenvalue weighted by molar-refractivity contribution is 6.31. The summed E-state index contributed by atoms with van der Waals surface area (Å²) in [4.78, 5) is 34.9. The van der Waals surface area contributed by atoms with Gasteiger partial charge in [-0.05, 0) is 36.4 Å². The zero-order chi connectivity index (χ0) is 26.7. The van der Waals surface area contributed by atoms with Gasteiger partial charge in [-0.25, -0.2) is 24.3 Å². The Kier molecular flexibility index (Phi) is 9.27. The summed E-state index contributed by atoms with van der Waals surface area (Å²) >= 11 is 6.29. The van der Waals surface area contributed by atoms with Crippen LogP contribution in [0.1, 0.15) is 10.5 Å². The molecule has 13 heteroatoms.